The molecule has 0 aliphatic carbocycles. The smallest absolute Gasteiger partial charge is 0.333 e. The Labute approximate surface area is 79.9 Å². The Balaban J connectivity index is 2.26. The largest absolute Gasteiger partial charge is 0.401 e. The highest BCUT2D eigenvalue weighted by Gasteiger charge is 2.26. The van der Waals surface area contributed by atoms with Crippen molar-refractivity contribution in [2.75, 3.05) is 13.1 Å². The number of aromatic nitrogens is 2. The van der Waals surface area contributed by atoms with Gasteiger partial charge in [-0.25, -0.2) is 4.98 Å². The summed E-state index contributed by atoms with van der Waals surface area (Å²) in [6.07, 6.45) is 0.759. The van der Waals surface area contributed by atoms with Gasteiger partial charge in [-0.1, -0.05) is 0 Å². The van der Waals surface area contributed by atoms with Gasteiger partial charge in [0.25, 0.3) is 0 Å². The zero-order valence-corrected chi connectivity index (χ0v) is 7.75. The van der Waals surface area contributed by atoms with Gasteiger partial charge >= 0.3 is 6.18 Å². The molecular weight excluding hydrogens is 195 g/mol. The lowest BCUT2D eigenvalue weighted by Crippen LogP contribution is -2.32. The molecule has 1 aromatic heterocycles. The van der Waals surface area contributed by atoms with Crippen LogP contribution in [0.4, 0.5) is 13.2 Å². The third-order valence-corrected chi connectivity index (χ3v) is 1.80. The van der Waals surface area contributed by atoms with Gasteiger partial charge in [-0.2, -0.15) is 13.2 Å². The summed E-state index contributed by atoms with van der Waals surface area (Å²) >= 11 is 0. The fraction of sp³-hybridized carbons (Fsp3) is 0.625. The van der Waals surface area contributed by atoms with Crippen molar-refractivity contribution >= 4 is 0 Å². The minimum absolute atomic E-state index is 0.0279. The Bertz CT molecular complexity index is 255. The van der Waals surface area contributed by atoms with Gasteiger partial charge in [-0.05, 0) is 6.92 Å². The number of hydrogen-bond acceptors (Lipinski definition) is 2. The lowest BCUT2D eigenvalue weighted by atomic mass is 10.3. The number of alkyl halides is 3. The van der Waals surface area contributed by atoms with Crippen molar-refractivity contribution in [3.63, 3.8) is 0 Å². The van der Waals surface area contributed by atoms with Gasteiger partial charge in [0.2, 0.25) is 0 Å². The van der Waals surface area contributed by atoms with Gasteiger partial charge in [0.1, 0.15) is 0 Å². The van der Waals surface area contributed by atoms with E-state index in [4.69, 9.17) is 0 Å². The normalized spacial score (nSPS) is 14.3. The zero-order valence-electron chi connectivity index (χ0n) is 7.75. The lowest BCUT2D eigenvalue weighted by molar-refractivity contribution is -0.124. The SMILES string of the molecule is CC(CNCC(F)(F)F)n1ccnc1. The van der Waals surface area contributed by atoms with Crippen LogP contribution in [0.2, 0.25) is 0 Å². The molecule has 14 heavy (non-hydrogen) atoms. The fourth-order valence-electron chi connectivity index (χ4n) is 1.06. The van der Waals surface area contributed by atoms with Crippen molar-refractivity contribution in [1.82, 2.24) is 14.9 Å². The summed E-state index contributed by atoms with van der Waals surface area (Å²) in [5, 5.41) is 2.34. The van der Waals surface area contributed by atoms with E-state index in [1.54, 1.807) is 23.3 Å². The summed E-state index contributed by atoms with van der Waals surface area (Å²) in [4.78, 5) is 3.81. The Kier molecular flexibility index (Phi) is 3.51. The highest BCUT2D eigenvalue weighted by molar-refractivity contribution is 4.79. The van der Waals surface area contributed by atoms with Crippen molar-refractivity contribution in [1.29, 1.82) is 0 Å². The third-order valence-electron chi connectivity index (χ3n) is 1.80. The summed E-state index contributed by atoms with van der Waals surface area (Å²) in [5.41, 5.74) is 0. The Hall–Kier alpha value is -1.04. The van der Waals surface area contributed by atoms with Gasteiger partial charge in [0.15, 0.2) is 0 Å². The van der Waals surface area contributed by atoms with Gasteiger partial charge in [0, 0.05) is 25.0 Å². The summed E-state index contributed by atoms with van der Waals surface area (Å²) < 4.78 is 37.1. The molecule has 80 valence electrons. The highest BCUT2D eigenvalue weighted by Crippen LogP contribution is 2.12. The highest BCUT2D eigenvalue weighted by atomic mass is 19.4. The zero-order chi connectivity index (χ0) is 10.6. The monoisotopic (exact) mass is 207 g/mol. The van der Waals surface area contributed by atoms with Crippen molar-refractivity contribution in [3.8, 4) is 0 Å². The molecular formula is C8H12F3N3. The predicted molar refractivity (Wildman–Crippen MR) is 45.9 cm³/mol. The molecule has 0 aromatic carbocycles. The van der Waals surface area contributed by atoms with E-state index in [0.717, 1.165) is 0 Å². The minimum Gasteiger partial charge on any atom is -0.333 e. The maximum Gasteiger partial charge on any atom is 0.401 e. The number of rotatable bonds is 4. The summed E-state index contributed by atoms with van der Waals surface area (Å²) in [5.74, 6) is 0. The molecule has 0 aliphatic heterocycles. The Morgan fingerprint density at radius 3 is 2.71 bits per heavy atom. The number of nitrogens with one attached hydrogen (secondary N) is 1. The quantitative estimate of drug-likeness (QED) is 0.812. The van der Waals surface area contributed by atoms with Crippen LogP contribution in [-0.2, 0) is 0 Å². The molecule has 1 N–H and O–H groups in total. The van der Waals surface area contributed by atoms with Crippen LogP contribution in [0.5, 0.6) is 0 Å². The Morgan fingerprint density at radius 1 is 1.50 bits per heavy atom. The van der Waals surface area contributed by atoms with Crippen LogP contribution >= 0.6 is 0 Å². The summed E-state index contributed by atoms with van der Waals surface area (Å²) in [6.45, 7) is 1.15. The molecule has 0 spiro atoms. The summed E-state index contributed by atoms with van der Waals surface area (Å²) in [6, 6.07) is -0.0279. The lowest BCUT2D eigenvalue weighted by Gasteiger charge is -2.14. The molecule has 3 nitrogen and oxygen atoms in total. The maximum atomic E-state index is 11.8. The average Bonchev–Trinajstić information content (AvgIpc) is 2.53. The second-order valence-electron chi connectivity index (χ2n) is 3.10. The number of nitrogens with zero attached hydrogens (tertiary/aromatic N) is 2. The first-order valence-electron chi connectivity index (χ1n) is 4.24. The third kappa shape index (κ3) is 3.78. The van der Waals surface area contributed by atoms with Crippen molar-refractivity contribution < 1.29 is 13.2 Å². The molecule has 1 atom stereocenters. The molecule has 0 amide bonds. The Morgan fingerprint density at radius 2 is 2.21 bits per heavy atom. The number of halogens is 3. The molecule has 1 heterocycles. The first-order chi connectivity index (χ1) is 6.49. The van der Waals surface area contributed by atoms with E-state index < -0.39 is 12.7 Å². The molecule has 1 unspecified atom stereocenters. The second-order valence-corrected chi connectivity index (χ2v) is 3.10. The van der Waals surface area contributed by atoms with E-state index in [-0.39, 0.29) is 12.6 Å². The van der Waals surface area contributed by atoms with Crippen LogP contribution in [0.1, 0.15) is 13.0 Å². The first-order valence-corrected chi connectivity index (χ1v) is 4.24. The van der Waals surface area contributed by atoms with Gasteiger partial charge in [0.05, 0.1) is 12.9 Å². The van der Waals surface area contributed by atoms with Gasteiger partial charge in [-0.3, -0.25) is 0 Å². The second kappa shape index (κ2) is 4.45. The van der Waals surface area contributed by atoms with Crippen LogP contribution < -0.4 is 5.32 Å². The first kappa shape index (κ1) is 11.0. The topological polar surface area (TPSA) is 29.9 Å². The van der Waals surface area contributed by atoms with E-state index in [0.29, 0.717) is 0 Å². The average molecular weight is 207 g/mol. The van der Waals surface area contributed by atoms with Crippen LogP contribution in [0.15, 0.2) is 18.7 Å². The van der Waals surface area contributed by atoms with Crippen LogP contribution in [0.25, 0.3) is 0 Å². The van der Waals surface area contributed by atoms with Crippen LogP contribution in [0, 0.1) is 0 Å². The van der Waals surface area contributed by atoms with Crippen LogP contribution in [0.3, 0.4) is 0 Å². The van der Waals surface area contributed by atoms with E-state index in [2.05, 4.69) is 10.3 Å². The van der Waals surface area contributed by atoms with Crippen molar-refractivity contribution in [3.05, 3.63) is 18.7 Å². The molecule has 0 saturated heterocycles. The predicted octanol–water partition coefficient (Wildman–Crippen LogP) is 1.60. The summed E-state index contributed by atoms with van der Waals surface area (Å²) in [7, 11) is 0. The van der Waals surface area contributed by atoms with E-state index in [1.165, 1.54) is 0 Å². The molecule has 1 aromatic rings. The van der Waals surface area contributed by atoms with E-state index in [9.17, 15) is 13.2 Å². The van der Waals surface area contributed by atoms with Crippen molar-refractivity contribution in [2.45, 2.75) is 19.1 Å². The van der Waals surface area contributed by atoms with E-state index in [1.807, 2.05) is 6.92 Å². The van der Waals surface area contributed by atoms with Gasteiger partial charge < -0.3 is 9.88 Å². The molecule has 0 fully saturated rings. The molecule has 0 radical (unpaired) electrons. The molecule has 1 rings (SSSR count). The van der Waals surface area contributed by atoms with Crippen molar-refractivity contribution in [2.24, 2.45) is 0 Å². The fourth-order valence-corrected chi connectivity index (χ4v) is 1.06. The molecule has 6 heteroatoms. The standard InChI is InChI=1S/C8H12F3N3/c1-7(14-3-2-12-6-14)4-13-5-8(9,10)11/h2-3,6-7,13H,4-5H2,1H3. The maximum absolute atomic E-state index is 11.8. The van der Waals surface area contributed by atoms with E-state index >= 15 is 0 Å². The van der Waals surface area contributed by atoms with Gasteiger partial charge in [-0.15, -0.1) is 0 Å². The molecule has 0 bridgehead atoms. The number of imidazole rings is 1. The molecule has 0 saturated carbocycles. The molecule has 0 aliphatic rings. The van der Waals surface area contributed by atoms with Crippen LogP contribution in [-0.4, -0.2) is 28.8 Å². The minimum atomic E-state index is -4.14. The number of hydrogen-bond donors (Lipinski definition) is 1.